The molecule has 1 N–H and O–H groups in total. The lowest BCUT2D eigenvalue weighted by Gasteiger charge is -2.10. The molecular formula is C17H20O4. The van der Waals surface area contributed by atoms with E-state index in [4.69, 9.17) is 9.15 Å². The summed E-state index contributed by atoms with van der Waals surface area (Å²) >= 11 is 0. The molecule has 2 aromatic rings. The number of aromatic hydroxyl groups is 1. The molecule has 21 heavy (non-hydrogen) atoms. The Morgan fingerprint density at radius 3 is 2.81 bits per heavy atom. The summed E-state index contributed by atoms with van der Waals surface area (Å²) < 4.78 is 10.8. The van der Waals surface area contributed by atoms with Crippen LogP contribution in [0, 0.1) is 0 Å². The Morgan fingerprint density at radius 1 is 1.38 bits per heavy atom. The molecule has 0 aliphatic carbocycles. The van der Waals surface area contributed by atoms with Crippen LogP contribution >= 0.6 is 0 Å². The predicted molar refractivity (Wildman–Crippen MR) is 83.1 cm³/mol. The Morgan fingerprint density at radius 2 is 2.14 bits per heavy atom. The van der Waals surface area contributed by atoms with Crippen LogP contribution in [0.1, 0.15) is 32.8 Å². The van der Waals surface area contributed by atoms with Crippen molar-refractivity contribution in [2.75, 3.05) is 6.61 Å². The van der Waals surface area contributed by atoms with E-state index in [1.807, 2.05) is 26.8 Å². The average Bonchev–Trinajstić information content (AvgIpc) is 2.44. The van der Waals surface area contributed by atoms with Gasteiger partial charge >= 0.3 is 5.63 Å². The van der Waals surface area contributed by atoms with Crippen LogP contribution in [0.4, 0.5) is 0 Å². The van der Waals surface area contributed by atoms with Crippen molar-refractivity contribution in [1.82, 2.24) is 0 Å². The molecule has 2 rings (SSSR count). The lowest BCUT2D eigenvalue weighted by Crippen LogP contribution is -2.02. The van der Waals surface area contributed by atoms with E-state index in [0.29, 0.717) is 29.7 Å². The third-order valence-electron chi connectivity index (χ3n) is 3.36. The highest BCUT2D eigenvalue weighted by atomic mass is 16.5. The molecule has 112 valence electrons. The van der Waals surface area contributed by atoms with Gasteiger partial charge in [-0.2, -0.15) is 0 Å². The minimum absolute atomic E-state index is 0.0767. The molecule has 1 aromatic heterocycles. The summed E-state index contributed by atoms with van der Waals surface area (Å²) in [5.41, 5.74) is 1.83. The van der Waals surface area contributed by atoms with Gasteiger partial charge in [-0.3, -0.25) is 0 Å². The minimum Gasteiger partial charge on any atom is -0.507 e. The highest BCUT2D eigenvalue weighted by Gasteiger charge is 2.12. The fourth-order valence-electron chi connectivity index (χ4n) is 2.16. The van der Waals surface area contributed by atoms with Gasteiger partial charge in [-0.25, -0.2) is 4.79 Å². The third-order valence-corrected chi connectivity index (χ3v) is 3.36. The quantitative estimate of drug-likeness (QED) is 0.671. The number of benzene rings is 1. The van der Waals surface area contributed by atoms with Crippen LogP contribution in [0.3, 0.4) is 0 Å². The first-order chi connectivity index (χ1) is 10.0. The number of rotatable bonds is 5. The Bertz CT molecular complexity index is 725. The van der Waals surface area contributed by atoms with Crippen LogP contribution in [0.5, 0.6) is 11.5 Å². The van der Waals surface area contributed by atoms with Gasteiger partial charge in [0.25, 0.3) is 0 Å². The van der Waals surface area contributed by atoms with Crippen LogP contribution in [0.2, 0.25) is 0 Å². The number of phenolic OH excluding ortho intramolecular Hbond substituents is 1. The van der Waals surface area contributed by atoms with E-state index in [9.17, 15) is 9.90 Å². The number of allylic oxidation sites excluding steroid dienone is 1. The minimum atomic E-state index is -0.410. The molecular weight excluding hydrogens is 268 g/mol. The van der Waals surface area contributed by atoms with Gasteiger partial charge in [0, 0.05) is 18.2 Å². The van der Waals surface area contributed by atoms with E-state index in [2.05, 4.69) is 0 Å². The molecule has 4 nitrogen and oxygen atoms in total. The maximum absolute atomic E-state index is 11.6. The van der Waals surface area contributed by atoms with Crippen LogP contribution in [0.15, 0.2) is 39.1 Å². The molecule has 0 bridgehead atoms. The molecule has 0 radical (unpaired) electrons. The van der Waals surface area contributed by atoms with Crippen molar-refractivity contribution in [3.63, 3.8) is 0 Å². The van der Waals surface area contributed by atoms with Crippen molar-refractivity contribution in [1.29, 1.82) is 0 Å². The smallest absolute Gasteiger partial charge is 0.336 e. The van der Waals surface area contributed by atoms with Crippen molar-refractivity contribution in [3.05, 3.63) is 45.8 Å². The van der Waals surface area contributed by atoms with Crippen LogP contribution in [0.25, 0.3) is 11.0 Å². The molecule has 0 fully saturated rings. The number of hydrogen-bond acceptors (Lipinski definition) is 4. The van der Waals surface area contributed by atoms with Crippen molar-refractivity contribution < 1.29 is 14.3 Å². The largest absolute Gasteiger partial charge is 0.507 e. The summed E-state index contributed by atoms with van der Waals surface area (Å²) in [6.07, 6.45) is 3.56. The van der Waals surface area contributed by atoms with Gasteiger partial charge in [0.1, 0.15) is 23.7 Å². The van der Waals surface area contributed by atoms with E-state index < -0.39 is 5.63 Å². The first kappa shape index (κ1) is 15.2. The van der Waals surface area contributed by atoms with E-state index in [-0.39, 0.29) is 5.75 Å². The van der Waals surface area contributed by atoms with Gasteiger partial charge in [-0.05, 0) is 31.4 Å². The lowest BCUT2D eigenvalue weighted by molar-refractivity contribution is 0.349. The first-order valence-corrected chi connectivity index (χ1v) is 7.09. The average molecular weight is 288 g/mol. The zero-order chi connectivity index (χ0) is 15.4. The fourth-order valence-corrected chi connectivity index (χ4v) is 2.16. The Labute approximate surface area is 123 Å². The molecule has 0 aliphatic rings. The predicted octanol–water partition coefficient (Wildman–Crippen LogP) is 3.80. The summed E-state index contributed by atoms with van der Waals surface area (Å²) in [5.74, 6) is 0.561. The van der Waals surface area contributed by atoms with Crippen molar-refractivity contribution >= 4 is 11.0 Å². The summed E-state index contributed by atoms with van der Waals surface area (Å²) in [4.78, 5) is 11.6. The molecule has 4 heteroatoms. The number of fused-ring (bicyclic) bond motifs is 1. The molecule has 0 amide bonds. The van der Waals surface area contributed by atoms with E-state index in [1.165, 1.54) is 6.07 Å². The fraction of sp³-hybridized carbons (Fsp3) is 0.353. The monoisotopic (exact) mass is 288 g/mol. The first-order valence-electron chi connectivity index (χ1n) is 7.09. The molecule has 1 heterocycles. The Balaban J connectivity index is 2.48. The van der Waals surface area contributed by atoms with E-state index in [1.54, 1.807) is 12.1 Å². The zero-order valence-electron chi connectivity index (χ0n) is 12.6. The summed E-state index contributed by atoms with van der Waals surface area (Å²) in [6, 6.07) is 4.65. The number of hydrogen-bond donors (Lipinski definition) is 1. The Kier molecular flexibility index (Phi) is 4.68. The van der Waals surface area contributed by atoms with Gasteiger partial charge in [0.15, 0.2) is 0 Å². The van der Waals surface area contributed by atoms with Gasteiger partial charge < -0.3 is 14.3 Å². The number of aryl methyl sites for hydroxylation is 1. The normalized spacial score (nSPS) is 11.9. The maximum Gasteiger partial charge on any atom is 0.336 e. The van der Waals surface area contributed by atoms with E-state index in [0.717, 1.165) is 17.6 Å². The molecule has 0 spiro atoms. The topological polar surface area (TPSA) is 59.7 Å². The molecule has 0 saturated carbocycles. The molecule has 0 atom stereocenters. The lowest BCUT2D eigenvalue weighted by atomic mass is 10.0. The van der Waals surface area contributed by atoms with Gasteiger partial charge in [-0.15, -0.1) is 0 Å². The number of phenols is 1. The second-order valence-electron chi connectivity index (χ2n) is 5.08. The van der Waals surface area contributed by atoms with Gasteiger partial charge in [0.05, 0.1) is 5.39 Å². The molecule has 0 saturated heterocycles. The second-order valence-corrected chi connectivity index (χ2v) is 5.08. The third kappa shape index (κ3) is 3.45. The number of ether oxygens (including phenoxy) is 1. The zero-order valence-corrected chi connectivity index (χ0v) is 12.6. The highest BCUT2D eigenvalue weighted by Crippen LogP contribution is 2.32. The van der Waals surface area contributed by atoms with Gasteiger partial charge in [-0.1, -0.05) is 19.4 Å². The molecule has 0 aliphatic heterocycles. The van der Waals surface area contributed by atoms with Crippen LogP contribution in [-0.2, 0) is 6.42 Å². The van der Waals surface area contributed by atoms with Crippen LogP contribution < -0.4 is 10.4 Å². The Hall–Kier alpha value is -2.23. The maximum atomic E-state index is 11.6. The summed E-state index contributed by atoms with van der Waals surface area (Å²) in [7, 11) is 0. The van der Waals surface area contributed by atoms with Gasteiger partial charge in [0.2, 0.25) is 0 Å². The summed E-state index contributed by atoms with van der Waals surface area (Å²) in [5, 5.41) is 10.8. The molecule has 1 aromatic carbocycles. The molecule has 0 unspecified atom stereocenters. The SMILES string of the molecule is C/C=C(\C)COc1cc(O)c2c(CCC)cc(=O)oc2c1. The summed E-state index contributed by atoms with van der Waals surface area (Å²) in [6.45, 7) is 6.35. The highest BCUT2D eigenvalue weighted by molar-refractivity contribution is 5.87. The standard InChI is InChI=1S/C17H20O4/c1-4-6-12-7-16(19)21-15-9-13(8-14(18)17(12)15)20-10-11(3)5-2/h5,7-9,18H,4,6,10H2,1-3H3/b11-5+. The second kappa shape index (κ2) is 6.48. The van der Waals surface area contributed by atoms with E-state index >= 15 is 0 Å². The van der Waals surface area contributed by atoms with Crippen molar-refractivity contribution in [3.8, 4) is 11.5 Å². The van der Waals surface area contributed by atoms with Crippen molar-refractivity contribution in [2.24, 2.45) is 0 Å². The van der Waals surface area contributed by atoms with Crippen LogP contribution in [-0.4, -0.2) is 11.7 Å². The van der Waals surface area contributed by atoms with Crippen molar-refractivity contribution in [2.45, 2.75) is 33.6 Å².